The molecule has 0 aliphatic carbocycles. The van der Waals surface area contributed by atoms with E-state index in [1.807, 2.05) is 0 Å². The van der Waals surface area contributed by atoms with Crippen molar-refractivity contribution in [2.24, 2.45) is 5.41 Å². The van der Waals surface area contributed by atoms with Crippen molar-refractivity contribution in [3.8, 4) is 0 Å². The molecule has 0 saturated carbocycles. The van der Waals surface area contributed by atoms with Crippen molar-refractivity contribution in [2.75, 3.05) is 0 Å². The Morgan fingerprint density at radius 1 is 1.09 bits per heavy atom. The number of carboxylic acid groups (broad SMARTS) is 2. The second-order valence-corrected chi connectivity index (χ2v) is 2.24. The first-order valence-corrected chi connectivity index (χ1v) is 2.36. The minimum absolute atomic E-state index is 0. The maximum absolute atomic E-state index is 10.1. The Balaban J connectivity index is -0.000000320. The summed E-state index contributed by atoms with van der Waals surface area (Å²) in [5.41, 5.74) is -1.67. The van der Waals surface area contributed by atoms with Gasteiger partial charge in [0.25, 0.3) is 0 Å². The quantitative estimate of drug-likeness (QED) is 0.400. The molecule has 6 heteroatoms. The Kier molecular flexibility index (Phi) is 9.74. The van der Waals surface area contributed by atoms with E-state index in [2.05, 4.69) is 0 Å². The van der Waals surface area contributed by atoms with E-state index in [0.29, 0.717) is 0 Å². The first kappa shape index (κ1) is 17.6. The third-order valence-electron chi connectivity index (χ3n) is 1.07. The van der Waals surface area contributed by atoms with Crippen LogP contribution in [0, 0.1) is 5.41 Å². The second kappa shape index (κ2) is 6.10. The summed E-state index contributed by atoms with van der Waals surface area (Å²) in [6, 6.07) is 0. The molecule has 11 heavy (non-hydrogen) atoms. The average Bonchev–Trinajstić information content (AvgIpc) is 1.65. The molecule has 0 heterocycles. The van der Waals surface area contributed by atoms with Gasteiger partial charge in [0.2, 0.25) is 0 Å². The number of carbonyl (C=O) groups is 2. The van der Waals surface area contributed by atoms with E-state index in [-0.39, 0.29) is 48.4 Å². The van der Waals surface area contributed by atoms with Gasteiger partial charge in [-0.2, -0.15) is 0 Å². The predicted octanol–water partition coefficient (Wildman–Crippen LogP) is -1.12. The standard InChI is InChI=1S/C5H8O4.Li.Na.2H/c1-5(2,3(6)7)4(8)9;;;;/h1-2H3,(H,6,7)(H,8,9);;;;. The molecule has 0 aromatic carbocycles. The van der Waals surface area contributed by atoms with Crippen LogP contribution >= 0.6 is 0 Å². The molecule has 0 unspecified atom stereocenters. The SMILES string of the molecule is CC(C)(C(=O)O)C(=O)O.[LiH].[NaH]. The van der Waals surface area contributed by atoms with Gasteiger partial charge in [-0.1, -0.05) is 0 Å². The molecule has 2 N–H and O–H groups in total. The topological polar surface area (TPSA) is 74.6 Å². The zero-order valence-electron chi connectivity index (χ0n) is 5.21. The van der Waals surface area contributed by atoms with Crippen LogP contribution in [0.15, 0.2) is 0 Å². The van der Waals surface area contributed by atoms with Crippen LogP contribution in [0.1, 0.15) is 13.8 Å². The molecule has 0 aliphatic heterocycles. The zero-order chi connectivity index (χ0) is 7.65. The Hall–Kier alpha value is 0.537. The third kappa shape index (κ3) is 4.89. The van der Waals surface area contributed by atoms with Gasteiger partial charge >= 0.3 is 60.4 Å². The van der Waals surface area contributed by atoms with Gasteiger partial charge in [0.05, 0.1) is 0 Å². The van der Waals surface area contributed by atoms with Gasteiger partial charge in [-0.15, -0.1) is 0 Å². The molecular formula is C5H10LiNaO4. The molecule has 0 rings (SSSR count). The summed E-state index contributed by atoms with van der Waals surface area (Å²) < 4.78 is 0. The van der Waals surface area contributed by atoms with Crippen molar-refractivity contribution in [3.63, 3.8) is 0 Å². The second-order valence-electron chi connectivity index (χ2n) is 2.24. The Morgan fingerprint density at radius 2 is 1.27 bits per heavy atom. The van der Waals surface area contributed by atoms with Crippen LogP contribution in [-0.2, 0) is 9.59 Å². The van der Waals surface area contributed by atoms with E-state index in [9.17, 15) is 9.59 Å². The molecule has 0 aliphatic rings. The van der Waals surface area contributed by atoms with Gasteiger partial charge in [-0.3, -0.25) is 9.59 Å². The van der Waals surface area contributed by atoms with Gasteiger partial charge in [-0.05, 0) is 13.8 Å². The number of carboxylic acids is 2. The van der Waals surface area contributed by atoms with Crippen LogP contribution in [-0.4, -0.2) is 70.6 Å². The molecular weight excluding hydrogens is 154 g/mol. The van der Waals surface area contributed by atoms with Gasteiger partial charge in [0, 0.05) is 0 Å². The van der Waals surface area contributed by atoms with Gasteiger partial charge in [0.15, 0.2) is 5.41 Å². The fourth-order valence-electron chi connectivity index (χ4n) is 0.0915. The number of hydrogen-bond donors (Lipinski definition) is 2. The number of aliphatic carboxylic acids is 2. The zero-order valence-corrected chi connectivity index (χ0v) is 5.21. The molecule has 0 aromatic rings. The summed E-state index contributed by atoms with van der Waals surface area (Å²) >= 11 is 0. The third-order valence-corrected chi connectivity index (χ3v) is 1.07. The van der Waals surface area contributed by atoms with Crippen molar-refractivity contribution >= 4 is 60.4 Å². The average molecular weight is 164 g/mol. The summed E-state index contributed by atoms with van der Waals surface area (Å²) in [6.45, 7) is 2.27. The fraction of sp³-hybridized carbons (Fsp3) is 0.600. The normalized spacial score (nSPS) is 8.91. The molecule has 0 aromatic heterocycles. The molecule has 0 amide bonds. The van der Waals surface area contributed by atoms with Crippen LogP contribution in [0.25, 0.3) is 0 Å². The number of rotatable bonds is 2. The monoisotopic (exact) mass is 164 g/mol. The van der Waals surface area contributed by atoms with E-state index in [1.54, 1.807) is 0 Å². The molecule has 4 nitrogen and oxygen atoms in total. The molecule has 0 saturated heterocycles. The summed E-state index contributed by atoms with van der Waals surface area (Å²) in [5.74, 6) is -2.65. The maximum atomic E-state index is 10.1. The predicted molar refractivity (Wildman–Crippen MR) is 43.4 cm³/mol. The Morgan fingerprint density at radius 3 is 1.27 bits per heavy atom. The van der Waals surface area contributed by atoms with Crippen LogP contribution in [0.4, 0.5) is 0 Å². The van der Waals surface area contributed by atoms with E-state index < -0.39 is 17.4 Å². The van der Waals surface area contributed by atoms with Crippen molar-refractivity contribution < 1.29 is 19.8 Å². The first-order chi connectivity index (χ1) is 3.89. The van der Waals surface area contributed by atoms with Crippen molar-refractivity contribution in [1.82, 2.24) is 0 Å². The number of hydrogen-bond acceptors (Lipinski definition) is 2. The van der Waals surface area contributed by atoms with Crippen LogP contribution in [0.2, 0.25) is 0 Å². The van der Waals surface area contributed by atoms with Crippen LogP contribution in [0.3, 0.4) is 0 Å². The van der Waals surface area contributed by atoms with Gasteiger partial charge < -0.3 is 10.2 Å². The van der Waals surface area contributed by atoms with Crippen LogP contribution < -0.4 is 0 Å². The summed E-state index contributed by atoms with van der Waals surface area (Å²) in [6.07, 6.45) is 0. The van der Waals surface area contributed by atoms with Gasteiger partial charge in [0.1, 0.15) is 0 Å². The van der Waals surface area contributed by atoms with E-state index in [1.165, 1.54) is 0 Å². The summed E-state index contributed by atoms with van der Waals surface area (Å²) in [5, 5.41) is 16.5. The summed E-state index contributed by atoms with van der Waals surface area (Å²) in [7, 11) is 0. The molecule has 0 atom stereocenters. The first-order valence-electron chi connectivity index (χ1n) is 2.36. The summed E-state index contributed by atoms with van der Waals surface area (Å²) in [4.78, 5) is 20.2. The van der Waals surface area contributed by atoms with E-state index >= 15 is 0 Å². The molecule has 0 fully saturated rings. The molecule has 0 bridgehead atoms. The van der Waals surface area contributed by atoms with E-state index in [0.717, 1.165) is 13.8 Å². The Labute approximate surface area is 98.8 Å². The van der Waals surface area contributed by atoms with Crippen molar-refractivity contribution in [3.05, 3.63) is 0 Å². The Bertz CT molecular complexity index is 141. The van der Waals surface area contributed by atoms with E-state index in [4.69, 9.17) is 10.2 Å². The van der Waals surface area contributed by atoms with Crippen molar-refractivity contribution in [1.29, 1.82) is 0 Å². The fourth-order valence-corrected chi connectivity index (χ4v) is 0.0915. The molecule has 56 valence electrons. The van der Waals surface area contributed by atoms with Gasteiger partial charge in [-0.25, -0.2) is 0 Å². The molecule has 0 spiro atoms. The molecule has 0 radical (unpaired) electrons. The minimum atomic E-state index is -1.67. The van der Waals surface area contributed by atoms with Crippen LogP contribution in [0.5, 0.6) is 0 Å². The van der Waals surface area contributed by atoms with Crippen molar-refractivity contribution in [2.45, 2.75) is 13.8 Å².